The van der Waals surface area contributed by atoms with E-state index in [-0.39, 0.29) is 19.3 Å². The molecule has 1 rings (SSSR count). The first-order chi connectivity index (χ1) is 39.6. The van der Waals surface area contributed by atoms with Crippen LogP contribution in [-0.4, -0.2) is 89.2 Å². The smallest absolute Gasteiger partial charge is 0.335 e. The molecule has 3 N–H and O–H groups in total. The van der Waals surface area contributed by atoms with E-state index in [4.69, 9.17) is 23.7 Å². The normalized spacial score (nSPS) is 19.1. The summed E-state index contributed by atoms with van der Waals surface area (Å²) in [5, 5.41) is 31.4. The molecule has 1 saturated heterocycles. The van der Waals surface area contributed by atoms with Crippen LogP contribution in [0.15, 0.2) is 194 Å². The average molecular weight is 1120 g/mol. The van der Waals surface area contributed by atoms with E-state index in [1.54, 1.807) is 12.2 Å². The Labute approximate surface area is 486 Å². The van der Waals surface area contributed by atoms with Crippen LogP contribution >= 0.6 is 0 Å². The molecule has 12 nitrogen and oxygen atoms in total. The summed E-state index contributed by atoms with van der Waals surface area (Å²) in [6.45, 7) is 5.46. The topological polar surface area (TPSA) is 175 Å². The lowest BCUT2D eigenvalue weighted by Gasteiger charge is -2.40. The van der Waals surface area contributed by atoms with Crippen molar-refractivity contribution in [1.82, 2.24) is 0 Å². The Hall–Kier alpha value is -6.44. The van der Waals surface area contributed by atoms with E-state index in [1.807, 2.05) is 36.5 Å². The molecular formula is C69H98O12. The number of carbonyl (C=O) groups is 4. The number of rotatable bonds is 46. The van der Waals surface area contributed by atoms with Crippen molar-refractivity contribution in [2.45, 2.75) is 199 Å². The monoisotopic (exact) mass is 1120 g/mol. The highest BCUT2D eigenvalue weighted by Crippen LogP contribution is 2.26. The van der Waals surface area contributed by atoms with Gasteiger partial charge in [-0.2, -0.15) is 0 Å². The van der Waals surface area contributed by atoms with Gasteiger partial charge in [0, 0.05) is 12.8 Å². The van der Waals surface area contributed by atoms with E-state index >= 15 is 0 Å². The van der Waals surface area contributed by atoms with Gasteiger partial charge in [0.15, 0.2) is 24.6 Å². The molecule has 6 atom stereocenters. The number of unbranched alkanes of at least 4 members (excludes halogenated alkanes) is 1. The molecule has 6 unspecified atom stereocenters. The second-order valence-corrected chi connectivity index (χ2v) is 18.8. The molecule has 446 valence electrons. The molecule has 1 fully saturated rings. The molecule has 0 radical (unpaired) electrons. The summed E-state index contributed by atoms with van der Waals surface area (Å²) in [6.07, 6.45) is 71.6. The van der Waals surface area contributed by atoms with Crippen LogP contribution in [0.4, 0.5) is 0 Å². The highest BCUT2D eigenvalue weighted by molar-refractivity contribution is 5.74. The van der Waals surface area contributed by atoms with E-state index in [1.165, 1.54) is 0 Å². The highest BCUT2D eigenvalue weighted by atomic mass is 16.7. The van der Waals surface area contributed by atoms with Crippen LogP contribution in [0, 0.1) is 0 Å². The fraction of sp³-hybridized carbons (Fsp3) is 0.478. The number of esters is 3. The number of hydrogen-bond donors (Lipinski definition) is 3. The number of carbonyl (C=O) groups excluding carboxylic acids is 3. The van der Waals surface area contributed by atoms with Crippen molar-refractivity contribution < 1.29 is 58.2 Å². The van der Waals surface area contributed by atoms with Crippen molar-refractivity contribution in [2.75, 3.05) is 13.2 Å². The Morgan fingerprint density at radius 1 is 0.420 bits per heavy atom. The van der Waals surface area contributed by atoms with Gasteiger partial charge in [0.25, 0.3) is 0 Å². The maximum absolute atomic E-state index is 13.1. The first-order valence-electron chi connectivity index (χ1n) is 29.4. The van der Waals surface area contributed by atoms with Gasteiger partial charge in [-0.15, -0.1) is 0 Å². The van der Waals surface area contributed by atoms with Gasteiger partial charge in [-0.3, -0.25) is 14.4 Å². The van der Waals surface area contributed by atoms with Crippen LogP contribution in [0.2, 0.25) is 0 Å². The Kier molecular flexibility index (Phi) is 48.5. The fourth-order valence-electron chi connectivity index (χ4n) is 7.33. The summed E-state index contributed by atoms with van der Waals surface area (Å²) >= 11 is 0. The molecule has 81 heavy (non-hydrogen) atoms. The molecule has 0 spiro atoms. The average Bonchev–Trinajstić information content (AvgIpc) is 3.53. The standard InChI is InChI=1S/C69H98O12/c1-4-7-10-13-16-19-22-25-28-30-31-33-35-37-40-43-46-49-52-55-61(70)77-58-60(79-62(71)56-53-50-47-44-41-39-36-32-29-26-23-20-17-14-11-8-5-2)59-78-69-67(65(74)64(73)66(81-69)68(75)76)80-63(72)57-54-51-48-45-42-38-34-27-24-21-18-15-12-9-6-3/h7-12,16-21,25-29,31,33-34,36-37,39-40,42,44-47,49,51,54,60,64-67,69,73-74H,4-6,13-15,22-24,30,32,35,38,41,43,48,50,52-53,55-59H2,1-3H3,(H,75,76)/b10-7-,11-8-,12-9-,19-16-,20-17-,21-18-,28-25-,29-26-,33-31-,34-27-,39-36-,40-37-,45-42-,47-44-,49-46-,54-51-. The predicted octanol–water partition coefficient (Wildman–Crippen LogP) is 15.4. The Morgan fingerprint density at radius 2 is 0.778 bits per heavy atom. The van der Waals surface area contributed by atoms with E-state index in [0.29, 0.717) is 32.1 Å². The quantitative estimate of drug-likeness (QED) is 0.0228. The number of allylic oxidation sites excluding steroid dienone is 31. The van der Waals surface area contributed by atoms with E-state index in [2.05, 4.69) is 167 Å². The van der Waals surface area contributed by atoms with Crippen molar-refractivity contribution in [2.24, 2.45) is 0 Å². The molecular weight excluding hydrogens is 1020 g/mol. The van der Waals surface area contributed by atoms with Crippen molar-refractivity contribution in [3.05, 3.63) is 194 Å². The zero-order chi connectivity index (χ0) is 58.9. The van der Waals surface area contributed by atoms with Gasteiger partial charge in [-0.1, -0.05) is 215 Å². The molecule has 1 aliphatic rings. The van der Waals surface area contributed by atoms with E-state index in [0.717, 1.165) is 89.9 Å². The van der Waals surface area contributed by atoms with Gasteiger partial charge < -0.3 is 39.0 Å². The highest BCUT2D eigenvalue weighted by Gasteiger charge is 2.50. The second-order valence-electron chi connectivity index (χ2n) is 18.8. The van der Waals surface area contributed by atoms with Crippen molar-refractivity contribution in [1.29, 1.82) is 0 Å². The van der Waals surface area contributed by atoms with Crippen LogP contribution in [0.3, 0.4) is 0 Å². The third-order valence-corrected chi connectivity index (χ3v) is 11.7. The molecule has 12 heteroatoms. The maximum Gasteiger partial charge on any atom is 0.335 e. The number of carboxylic acids is 1. The van der Waals surface area contributed by atoms with E-state index in [9.17, 15) is 34.5 Å². The lowest BCUT2D eigenvalue weighted by Crippen LogP contribution is -2.61. The van der Waals surface area contributed by atoms with Crippen LogP contribution in [-0.2, 0) is 42.9 Å². The van der Waals surface area contributed by atoms with Gasteiger partial charge in [0.2, 0.25) is 0 Å². The van der Waals surface area contributed by atoms with Crippen LogP contribution < -0.4 is 0 Å². The zero-order valence-electron chi connectivity index (χ0n) is 48.9. The number of aliphatic carboxylic acids is 1. The minimum atomic E-state index is -1.97. The Bertz CT molecular complexity index is 2160. The maximum atomic E-state index is 13.1. The van der Waals surface area contributed by atoms with Crippen LogP contribution in [0.5, 0.6) is 0 Å². The van der Waals surface area contributed by atoms with E-state index < -0.39 is 73.9 Å². The fourth-order valence-corrected chi connectivity index (χ4v) is 7.33. The Morgan fingerprint density at radius 3 is 1.16 bits per heavy atom. The third-order valence-electron chi connectivity index (χ3n) is 11.7. The first-order valence-corrected chi connectivity index (χ1v) is 29.4. The minimum Gasteiger partial charge on any atom is -0.479 e. The summed E-state index contributed by atoms with van der Waals surface area (Å²) in [5.41, 5.74) is 0. The molecule has 0 bridgehead atoms. The lowest BCUT2D eigenvalue weighted by atomic mass is 9.98. The summed E-state index contributed by atoms with van der Waals surface area (Å²) in [6, 6.07) is 0. The van der Waals surface area contributed by atoms with Crippen LogP contribution in [0.25, 0.3) is 0 Å². The van der Waals surface area contributed by atoms with Crippen LogP contribution in [0.1, 0.15) is 162 Å². The van der Waals surface area contributed by atoms with Crippen molar-refractivity contribution >= 4 is 23.9 Å². The number of aliphatic hydroxyl groups excluding tert-OH is 2. The molecule has 1 heterocycles. The molecule has 0 aromatic carbocycles. The largest absolute Gasteiger partial charge is 0.479 e. The predicted molar refractivity (Wildman–Crippen MR) is 330 cm³/mol. The summed E-state index contributed by atoms with van der Waals surface area (Å²) in [4.78, 5) is 51.1. The molecule has 1 aliphatic heterocycles. The van der Waals surface area contributed by atoms with Crippen molar-refractivity contribution in [3.63, 3.8) is 0 Å². The third kappa shape index (κ3) is 44.0. The molecule has 0 aromatic heterocycles. The zero-order valence-corrected chi connectivity index (χ0v) is 48.9. The van der Waals surface area contributed by atoms with Crippen molar-refractivity contribution in [3.8, 4) is 0 Å². The van der Waals surface area contributed by atoms with Gasteiger partial charge in [-0.05, 0) is 122 Å². The lowest BCUT2D eigenvalue weighted by molar-refractivity contribution is -0.301. The van der Waals surface area contributed by atoms with Gasteiger partial charge in [-0.25, -0.2) is 4.79 Å². The number of ether oxygens (including phenoxy) is 5. The summed E-state index contributed by atoms with van der Waals surface area (Å²) in [7, 11) is 0. The molecule has 0 aliphatic carbocycles. The van der Waals surface area contributed by atoms with Gasteiger partial charge in [0.05, 0.1) is 13.0 Å². The molecule has 0 amide bonds. The number of carboxylic acid groups (broad SMARTS) is 1. The summed E-state index contributed by atoms with van der Waals surface area (Å²) in [5.74, 6) is -3.52. The minimum absolute atomic E-state index is 0.0450. The SMILES string of the molecule is CC/C=C\C/C=C\C/C=C\C/C=C\C/C=C\C/C=C\CCC(=O)OCC(COC1OC(C(=O)O)C(O)C(O)C1OC(=O)C/C=C\C/C=C\C/C=C\C/C=C\C/C=C\CC)OC(=O)CCC/C=C\C/C=C\C/C=C\C/C=C\C/C=C\CC. The van der Waals surface area contributed by atoms with Gasteiger partial charge in [0.1, 0.15) is 18.8 Å². The number of aliphatic hydroxyl groups is 2. The summed E-state index contributed by atoms with van der Waals surface area (Å²) < 4.78 is 28.1. The first kappa shape index (κ1) is 72.6. The number of hydrogen-bond acceptors (Lipinski definition) is 11. The Balaban J connectivity index is 2.85. The second kappa shape index (κ2) is 54.2. The van der Waals surface area contributed by atoms with Gasteiger partial charge >= 0.3 is 23.9 Å². The molecule has 0 saturated carbocycles. The molecule has 0 aromatic rings.